The fourth-order valence-electron chi connectivity index (χ4n) is 8.49. The minimum Gasteiger partial charge on any atom is -0.481 e. The molecule has 0 saturated carbocycles. The van der Waals surface area contributed by atoms with E-state index in [2.05, 4.69) is 86.8 Å². The van der Waals surface area contributed by atoms with Gasteiger partial charge in [0.1, 0.15) is 13.2 Å². The van der Waals surface area contributed by atoms with Crippen LogP contribution in [0.3, 0.4) is 0 Å². The molecule has 400 valence electrons. The molecule has 0 aromatic carbocycles. The molecule has 71 heavy (non-hydrogen) atoms. The standard InChI is InChI=1S/C61H96O10/c1-4-7-10-12-14-16-18-20-22-24-26-28-32-36-40-45-55(62)69-50-54(71-57(64)47-42-38-33-29-27-25-23-21-19-17-15-13-11-8-5-2)51-70-56(63)46-41-37-34-30-31-35-39-44-53-49-48-52(43-9-6-3)58(60(65)66)59(53)61(67)68/h12-23,39,44,48-49,52-54,58-59H,4-11,24-38,40-43,45-47,50-51H2,1-3H3,(H,65,66)(H,67,68)/b14-12+,15-13-,18-16+,19-17+,22-20+,23-21+,44-39+/t52-,53+,54+,58-,59+/m0/s1. The highest BCUT2D eigenvalue weighted by Crippen LogP contribution is 2.38. The van der Waals surface area contributed by atoms with Crippen LogP contribution in [0.15, 0.2) is 97.2 Å². The fraction of sp³-hybridized carbons (Fsp3) is 0.656. The average molecular weight is 989 g/mol. The first-order valence-corrected chi connectivity index (χ1v) is 27.9. The molecule has 0 aromatic rings. The van der Waals surface area contributed by atoms with E-state index in [1.54, 1.807) is 0 Å². The van der Waals surface area contributed by atoms with E-state index < -0.39 is 47.7 Å². The van der Waals surface area contributed by atoms with Gasteiger partial charge in [-0.05, 0) is 83.0 Å². The summed E-state index contributed by atoms with van der Waals surface area (Å²) < 4.78 is 16.7. The van der Waals surface area contributed by atoms with Crippen LogP contribution in [0.25, 0.3) is 0 Å². The van der Waals surface area contributed by atoms with Gasteiger partial charge in [-0.1, -0.05) is 214 Å². The molecule has 0 heterocycles. The van der Waals surface area contributed by atoms with E-state index in [4.69, 9.17) is 14.2 Å². The van der Waals surface area contributed by atoms with Gasteiger partial charge in [-0.25, -0.2) is 0 Å². The number of carbonyl (C=O) groups is 5. The Labute approximate surface area is 430 Å². The summed E-state index contributed by atoms with van der Waals surface area (Å²) in [7, 11) is 0. The van der Waals surface area contributed by atoms with E-state index in [1.807, 2.05) is 31.2 Å². The Balaban J connectivity index is 2.48. The molecule has 10 nitrogen and oxygen atoms in total. The quantitative estimate of drug-likeness (QED) is 0.0198. The summed E-state index contributed by atoms with van der Waals surface area (Å²) in [5, 5.41) is 19.9. The SMILES string of the molecule is CCCC\C=C/C=C/C=C/CCCCCCCC(=O)O[C@H](COC(=O)CCCCCCC/C=C/C=C/C=C/CCCC)COC(=O)CCCCCCC/C=C/[C@@H]1C=C[C@H](CCCC)[C@H](C(=O)O)[C@@H]1C(=O)O. The summed E-state index contributed by atoms with van der Waals surface area (Å²) in [4.78, 5) is 62.5. The number of carboxylic acid groups (broad SMARTS) is 2. The number of ether oxygens (including phenoxy) is 3. The molecule has 0 spiro atoms. The number of unbranched alkanes of at least 4 members (excludes halogenated alkanes) is 20. The Morgan fingerprint density at radius 1 is 0.437 bits per heavy atom. The lowest BCUT2D eigenvalue weighted by Crippen LogP contribution is -2.41. The fourth-order valence-corrected chi connectivity index (χ4v) is 8.49. The van der Waals surface area contributed by atoms with E-state index in [-0.39, 0.29) is 44.4 Å². The highest BCUT2D eigenvalue weighted by Gasteiger charge is 2.44. The molecular formula is C61H96O10. The third-order valence-electron chi connectivity index (χ3n) is 12.7. The molecule has 0 amide bonds. The van der Waals surface area contributed by atoms with Crippen LogP contribution in [-0.2, 0) is 38.2 Å². The van der Waals surface area contributed by atoms with Crippen LogP contribution in [0.5, 0.6) is 0 Å². The average Bonchev–Trinajstić information content (AvgIpc) is 3.35. The van der Waals surface area contributed by atoms with Crippen molar-refractivity contribution >= 4 is 29.8 Å². The van der Waals surface area contributed by atoms with Gasteiger partial charge in [0.2, 0.25) is 0 Å². The first kappa shape index (κ1) is 64.3. The summed E-state index contributed by atoms with van der Waals surface area (Å²) >= 11 is 0. The lowest BCUT2D eigenvalue weighted by molar-refractivity contribution is -0.167. The number of aliphatic carboxylic acids is 2. The molecule has 1 aliphatic rings. The van der Waals surface area contributed by atoms with Crippen LogP contribution in [0.4, 0.5) is 0 Å². The van der Waals surface area contributed by atoms with Crippen molar-refractivity contribution in [1.29, 1.82) is 0 Å². The predicted molar refractivity (Wildman–Crippen MR) is 290 cm³/mol. The van der Waals surface area contributed by atoms with Crippen LogP contribution >= 0.6 is 0 Å². The second-order valence-corrected chi connectivity index (χ2v) is 19.1. The van der Waals surface area contributed by atoms with Crippen molar-refractivity contribution in [3.05, 3.63) is 97.2 Å². The third kappa shape index (κ3) is 36.8. The van der Waals surface area contributed by atoms with E-state index in [0.29, 0.717) is 19.3 Å². The molecule has 1 aliphatic carbocycles. The Morgan fingerprint density at radius 2 is 0.817 bits per heavy atom. The summed E-state index contributed by atoms with van der Waals surface area (Å²) in [6.45, 7) is 6.10. The third-order valence-corrected chi connectivity index (χ3v) is 12.7. The van der Waals surface area contributed by atoms with Crippen molar-refractivity contribution < 1.29 is 48.4 Å². The summed E-state index contributed by atoms with van der Waals surface area (Å²) in [5.41, 5.74) is 0. The van der Waals surface area contributed by atoms with E-state index in [0.717, 1.165) is 128 Å². The van der Waals surface area contributed by atoms with Gasteiger partial charge in [-0.3, -0.25) is 24.0 Å². The van der Waals surface area contributed by atoms with Gasteiger partial charge in [0.05, 0.1) is 11.8 Å². The van der Waals surface area contributed by atoms with Crippen LogP contribution < -0.4 is 0 Å². The van der Waals surface area contributed by atoms with Crippen LogP contribution in [0, 0.1) is 23.7 Å². The zero-order valence-corrected chi connectivity index (χ0v) is 44.4. The topological polar surface area (TPSA) is 154 Å². The van der Waals surface area contributed by atoms with Crippen LogP contribution in [0.1, 0.15) is 213 Å². The van der Waals surface area contributed by atoms with Crippen molar-refractivity contribution in [2.75, 3.05) is 13.2 Å². The first-order chi connectivity index (χ1) is 34.6. The maximum atomic E-state index is 12.9. The zero-order chi connectivity index (χ0) is 51.8. The second-order valence-electron chi connectivity index (χ2n) is 19.1. The van der Waals surface area contributed by atoms with Gasteiger partial charge in [0.25, 0.3) is 0 Å². The molecule has 0 saturated heterocycles. The van der Waals surface area contributed by atoms with Gasteiger partial charge in [-0.2, -0.15) is 0 Å². The Morgan fingerprint density at radius 3 is 1.24 bits per heavy atom. The van der Waals surface area contributed by atoms with E-state index in [9.17, 15) is 34.2 Å². The summed E-state index contributed by atoms with van der Waals surface area (Å²) in [6.07, 6.45) is 59.2. The smallest absolute Gasteiger partial charge is 0.308 e. The number of carbonyl (C=O) groups excluding carboxylic acids is 3. The molecule has 0 bridgehead atoms. The van der Waals surface area contributed by atoms with Gasteiger partial charge >= 0.3 is 29.8 Å². The van der Waals surface area contributed by atoms with Crippen molar-refractivity contribution in [2.45, 2.75) is 219 Å². The summed E-state index contributed by atoms with van der Waals surface area (Å²) in [6, 6.07) is 0. The zero-order valence-electron chi connectivity index (χ0n) is 44.4. The summed E-state index contributed by atoms with van der Waals surface area (Å²) in [5.74, 6) is -5.92. The Bertz CT molecular complexity index is 1650. The van der Waals surface area contributed by atoms with E-state index >= 15 is 0 Å². The number of allylic oxidation sites excluding steroid dienone is 16. The highest BCUT2D eigenvalue weighted by atomic mass is 16.6. The van der Waals surface area contributed by atoms with E-state index in [1.165, 1.54) is 25.7 Å². The van der Waals surface area contributed by atoms with Crippen molar-refractivity contribution in [3.63, 3.8) is 0 Å². The van der Waals surface area contributed by atoms with Gasteiger partial charge in [0.15, 0.2) is 6.10 Å². The van der Waals surface area contributed by atoms with Crippen LogP contribution in [-0.4, -0.2) is 59.4 Å². The van der Waals surface area contributed by atoms with Crippen molar-refractivity contribution in [1.82, 2.24) is 0 Å². The molecule has 0 radical (unpaired) electrons. The number of hydrogen-bond acceptors (Lipinski definition) is 8. The Hall–Kier alpha value is -4.73. The van der Waals surface area contributed by atoms with Gasteiger partial charge in [0, 0.05) is 25.2 Å². The molecule has 1 rings (SSSR count). The molecular weight excluding hydrogens is 893 g/mol. The molecule has 0 fully saturated rings. The first-order valence-electron chi connectivity index (χ1n) is 27.9. The second kappa shape index (κ2) is 46.3. The maximum Gasteiger partial charge on any atom is 0.308 e. The number of esters is 3. The molecule has 0 aliphatic heterocycles. The lowest BCUT2D eigenvalue weighted by Gasteiger charge is -2.33. The Kier molecular flexibility index (Phi) is 42.0. The van der Waals surface area contributed by atoms with Crippen molar-refractivity contribution in [2.24, 2.45) is 23.7 Å². The molecule has 5 atom stereocenters. The molecule has 2 N–H and O–H groups in total. The van der Waals surface area contributed by atoms with Crippen molar-refractivity contribution in [3.8, 4) is 0 Å². The number of carboxylic acids is 2. The lowest BCUT2D eigenvalue weighted by atomic mass is 9.69. The molecule has 10 heteroatoms. The predicted octanol–water partition coefficient (Wildman–Crippen LogP) is 15.8. The molecule has 0 unspecified atom stereocenters. The number of hydrogen-bond donors (Lipinski definition) is 2. The number of rotatable bonds is 45. The van der Waals surface area contributed by atoms with Gasteiger partial charge < -0.3 is 24.4 Å². The monoisotopic (exact) mass is 989 g/mol. The maximum absolute atomic E-state index is 12.9. The minimum atomic E-state index is -1.07. The normalized spacial score (nSPS) is 17.8. The van der Waals surface area contributed by atoms with Crippen LogP contribution in [0.2, 0.25) is 0 Å². The highest BCUT2D eigenvalue weighted by molar-refractivity contribution is 5.81. The van der Waals surface area contributed by atoms with Gasteiger partial charge in [-0.15, -0.1) is 0 Å². The minimum absolute atomic E-state index is 0.160. The largest absolute Gasteiger partial charge is 0.481 e. The molecule has 0 aromatic heterocycles.